The predicted molar refractivity (Wildman–Crippen MR) is 68.6 cm³/mol. The van der Waals surface area contributed by atoms with Crippen LogP contribution in [0.15, 0.2) is 24.5 Å². The molecule has 0 aliphatic carbocycles. The number of aromatic nitrogens is 2. The van der Waals surface area contributed by atoms with Gasteiger partial charge in [0.2, 0.25) is 0 Å². The molecule has 1 aliphatic rings. The van der Waals surface area contributed by atoms with Crippen LogP contribution in [0.25, 0.3) is 11.0 Å². The maximum atomic E-state index is 12.6. The summed E-state index contributed by atoms with van der Waals surface area (Å²) in [5.41, 5.74) is 1.51. The van der Waals surface area contributed by atoms with Gasteiger partial charge in [-0.15, -0.1) is 0 Å². The lowest BCUT2D eigenvalue weighted by Gasteiger charge is -2.14. The molecule has 3 rings (SSSR count). The number of hydrogen-bond acceptors (Lipinski definition) is 3. The molecule has 0 radical (unpaired) electrons. The molecule has 1 N–H and O–H groups in total. The zero-order chi connectivity index (χ0) is 12.5. The summed E-state index contributed by atoms with van der Waals surface area (Å²) in [4.78, 5) is 19.8. The van der Waals surface area contributed by atoms with Crippen molar-refractivity contribution in [1.82, 2.24) is 9.97 Å². The number of nitrogens with one attached hydrogen (secondary N) is 1. The Hall–Kier alpha value is -1.68. The highest BCUT2D eigenvalue weighted by molar-refractivity contribution is 6.08. The summed E-state index contributed by atoms with van der Waals surface area (Å²) < 4.78 is 5.60. The van der Waals surface area contributed by atoms with E-state index in [0.717, 1.165) is 29.4 Å². The van der Waals surface area contributed by atoms with Crippen molar-refractivity contribution in [1.29, 1.82) is 0 Å². The molecular weight excluding hydrogens is 228 g/mol. The van der Waals surface area contributed by atoms with Crippen LogP contribution in [0.4, 0.5) is 0 Å². The first-order valence-electron chi connectivity index (χ1n) is 6.39. The van der Waals surface area contributed by atoms with Crippen LogP contribution in [0.2, 0.25) is 0 Å². The Morgan fingerprint density at radius 2 is 2.50 bits per heavy atom. The summed E-state index contributed by atoms with van der Waals surface area (Å²) in [6.07, 6.45) is 5.27. The van der Waals surface area contributed by atoms with Gasteiger partial charge < -0.3 is 9.72 Å². The number of ketones is 1. The lowest BCUT2D eigenvalue weighted by atomic mass is 9.90. The molecule has 0 bridgehead atoms. The Balaban J connectivity index is 1.97. The number of carbonyl (C=O) groups excluding carboxylic acids is 1. The second-order valence-electron chi connectivity index (χ2n) is 4.68. The van der Waals surface area contributed by atoms with Crippen molar-refractivity contribution in [3.8, 4) is 0 Å². The molecule has 2 aromatic heterocycles. The van der Waals surface area contributed by atoms with Gasteiger partial charge in [-0.2, -0.15) is 0 Å². The molecule has 4 nitrogen and oxygen atoms in total. The van der Waals surface area contributed by atoms with E-state index >= 15 is 0 Å². The number of ether oxygens (including phenoxy) is 1. The van der Waals surface area contributed by atoms with Crippen LogP contribution in [0.5, 0.6) is 0 Å². The maximum Gasteiger partial charge on any atom is 0.170 e. The molecule has 3 heterocycles. The van der Waals surface area contributed by atoms with Crippen LogP contribution < -0.4 is 0 Å². The van der Waals surface area contributed by atoms with Crippen molar-refractivity contribution in [2.75, 3.05) is 6.61 Å². The van der Waals surface area contributed by atoms with Crippen molar-refractivity contribution in [2.45, 2.75) is 25.9 Å². The summed E-state index contributed by atoms with van der Waals surface area (Å²) in [6.45, 7) is 2.75. The second-order valence-corrected chi connectivity index (χ2v) is 4.68. The lowest BCUT2D eigenvalue weighted by Crippen LogP contribution is -2.23. The van der Waals surface area contributed by atoms with Gasteiger partial charge in [0.25, 0.3) is 0 Å². The molecule has 0 spiro atoms. The fraction of sp³-hybridized carbons (Fsp3) is 0.429. The van der Waals surface area contributed by atoms with Gasteiger partial charge in [-0.25, -0.2) is 4.98 Å². The lowest BCUT2D eigenvalue weighted by molar-refractivity contribution is 0.0690. The number of carbonyl (C=O) groups is 1. The minimum Gasteiger partial charge on any atom is -0.377 e. The topological polar surface area (TPSA) is 55.0 Å². The molecule has 2 aromatic rings. The average molecular weight is 244 g/mol. The molecule has 0 amide bonds. The van der Waals surface area contributed by atoms with Crippen molar-refractivity contribution >= 4 is 16.8 Å². The van der Waals surface area contributed by atoms with E-state index in [-0.39, 0.29) is 17.8 Å². The standard InChI is InChI=1S/C14H16N2O2/c1-2-12-10(5-7-18-12)13(17)11-8-16-14-9(11)4-3-6-15-14/h3-4,6,8,10,12H,2,5,7H2,1H3,(H,15,16). The number of nitrogens with zero attached hydrogens (tertiary/aromatic N) is 1. The number of aromatic amines is 1. The van der Waals surface area contributed by atoms with Crippen molar-refractivity contribution in [2.24, 2.45) is 5.92 Å². The summed E-state index contributed by atoms with van der Waals surface area (Å²) in [5.74, 6) is 0.174. The third-order valence-electron chi connectivity index (χ3n) is 3.67. The summed E-state index contributed by atoms with van der Waals surface area (Å²) in [6, 6.07) is 3.79. The first-order valence-corrected chi connectivity index (χ1v) is 6.39. The van der Waals surface area contributed by atoms with Crippen molar-refractivity contribution in [3.05, 3.63) is 30.1 Å². The third kappa shape index (κ3) is 1.73. The zero-order valence-corrected chi connectivity index (χ0v) is 10.3. The highest BCUT2D eigenvalue weighted by Gasteiger charge is 2.34. The van der Waals surface area contributed by atoms with Gasteiger partial charge in [0.15, 0.2) is 5.78 Å². The average Bonchev–Trinajstić information content (AvgIpc) is 3.04. The van der Waals surface area contributed by atoms with Crippen LogP contribution in [0.3, 0.4) is 0 Å². The SMILES string of the molecule is CCC1OCCC1C(=O)c1c[nH]c2ncccc12. The van der Waals surface area contributed by atoms with E-state index < -0.39 is 0 Å². The summed E-state index contributed by atoms with van der Waals surface area (Å²) in [5, 5.41) is 0.907. The van der Waals surface area contributed by atoms with Crippen LogP contribution in [-0.4, -0.2) is 28.5 Å². The van der Waals surface area contributed by atoms with Gasteiger partial charge in [0.1, 0.15) is 5.65 Å². The Labute approximate surface area is 105 Å². The van der Waals surface area contributed by atoms with Crippen LogP contribution >= 0.6 is 0 Å². The maximum absolute atomic E-state index is 12.6. The smallest absolute Gasteiger partial charge is 0.170 e. The molecule has 1 fully saturated rings. The van der Waals surface area contributed by atoms with Gasteiger partial charge in [0.05, 0.1) is 12.0 Å². The molecule has 0 saturated carbocycles. The van der Waals surface area contributed by atoms with E-state index in [9.17, 15) is 4.79 Å². The number of fused-ring (bicyclic) bond motifs is 1. The number of H-pyrrole nitrogens is 1. The van der Waals surface area contributed by atoms with E-state index in [4.69, 9.17) is 4.74 Å². The van der Waals surface area contributed by atoms with E-state index in [1.54, 1.807) is 12.4 Å². The van der Waals surface area contributed by atoms with Gasteiger partial charge in [-0.05, 0) is 25.0 Å². The molecule has 1 aliphatic heterocycles. The molecule has 0 aromatic carbocycles. The molecule has 2 unspecified atom stereocenters. The Morgan fingerprint density at radius 3 is 3.33 bits per heavy atom. The minimum atomic E-state index is -0.00536. The van der Waals surface area contributed by atoms with Crippen molar-refractivity contribution in [3.63, 3.8) is 0 Å². The highest BCUT2D eigenvalue weighted by atomic mass is 16.5. The van der Waals surface area contributed by atoms with E-state index in [2.05, 4.69) is 16.9 Å². The normalized spacial score (nSPS) is 23.6. The fourth-order valence-electron chi connectivity index (χ4n) is 2.71. The van der Waals surface area contributed by atoms with Crippen LogP contribution in [0, 0.1) is 5.92 Å². The Kier molecular flexibility index (Phi) is 2.88. The Morgan fingerprint density at radius 1 is 1.61 bits per heavy atom. The minimum absolute atomic E-state index is 0.00536. The van der Waals surface area contributed by atoms with E-state index in [1.165, 1.54) is 0 Å². The number of Topliss-reactive ketones (excluding diaryl/α,β-unsaturated/α-hetero) is 1. The first kappa shape index (κ1) is 11.4. The van der Waals surface area contributed by atoms with E-state index in [0.29, 0.717) is 6.61 Å². The quantitative estimate of drug-likeness (QED) is 0.844. The number of hydrogen-bond donors (Lipinski definition) is 1. The number of pyridine rings is 1. The third-order valence-corrected chi connectivity index (χ3v) is 3.67. The summed E-state index contributed by atoms with van der Waals surface area (Å²) in [7, 11) is 0. The van der Waals surface area contributed by atoms with Gasteiger partial charge in [-0.1, -0.05) is 6.92 Å². The van der Waals surface area contributed by atoms with Gasteiger partial charge in [-0.3, -0.25) is 4.79 Å². The van der Waals surface area contributed by atoms with Crippen LogP contribution in [0.1, 0.15) is 30.1 Å². The van der Waals surface area contributed by atoms with Gasteiger partial charge >= 0.3 is 0 Å². The van der Waals surface area contributed by atoms with Gasteiger partial charge in [0, 0.05) is 30.0 Å². The largest absolute Gasteiger partial charge is 0.377 e. The fourth-order valence-corrected chi connectivity index (χ4v) is 2.71. The van der Waals surface area contributed by atoms with Crippen LogP contribution in [-0.2, 0) is 4.74 Å². The predicted octanol–water partition coefficient (Wildman–Crippen LogP) is 2.56. The monoisotopic (exact) mass is 244 g/mol. The molecule has 1 saturated heterocycles. The summed E-state index contributed by atoms with van der Waals surface area (Å²) >= 11 is 0. The van der Waals surface area contributed by atoms with E-state index in [1.807, 2.05) is 12.1 Å². The molecule has 2 atom stereocenters. The Bertz CT molecular complexity index is 576. The number of rotatable bonds is 3. The molecule has 94 valence electrons. The zero-order valence-electron chi connectivity index (χ0n) is 10.3. The first-order chi connectivity index (χ1) is 8.81. The van der Waals surface area contributed by atoms with Crippen molar-refractivity contribution < 1.29 is 9.53 Å². The second kappa shape index (κ2) is 4.53. The molecule has 4 heteroatoms. The highest BCUT2D eigenvalue weighted by Crippen LogP contribution is 2.29. The molecule has 18 heavy (non-hydrogen) atoms. The molecular formula is C14H16N2O2.